The third-order valence-electron chi connectivity index (χ3n) is 3.24. The van der Waals surface area contributed by atoms with Gasteiger partial charge in [-0.25, -0.2) is 0 Å². The molecule has 0 saturated carbocycles. The molecule has 0 bridgehead atoms. The van der Waals surface area contributed by atoms with Crippen LogP contribution in [0.25, 0.3) is 11.5 Å². The molecule has 0 aliphatic heterocycles. The highest BCUT2D eigenvalue weighted by Gasteiger charge is 2.07. The van der Waals surface area contributed by atoms with Crippen LogP contribution in [0.4, 0.5) is 5.69 Å². The smallest absolute Gasteiger partial charge is 0.257 e. The predicted molar refractivity (Wildman–Crippen MR) is 84.9 cm³/mol. The van der Waals surface area contributed by atoms with Crippen molar-refractivity contribution in [1.82, 2.24) is 10.1 Å². The molecular weight excluding hydrogens is 278 g/mol. The molecule has 0 saturated heterocycles. The van der Waals surface area contributed by atoms with Gasteiger partial charge in [0.2, 0.25) is 0 Å². The van der Waals surface area contributed by atoms with Crippen molar-refractivity contribution in [3.63, 3.8) is 0 Å². The van der Waals surface area contributed by atoms with Crippen LogP contribution in [0.3, 0.4) is 0 Å². The van der Waals surface area contributed by atoms with Gasteiger partial charge in [0.05, 0.1) is 7.11 Å². The van der Waals surface area contributed by atoms with Crippen LogP contribution in [0.5, 0.6) is 5.75 Å². The molecule has 0 aliphatic rings. The van der Waals surface area contributed by atoms with E-state index < -0.39 is 0 Å². The summed E-state index contributed by atoms with van der Waals surface area (Å²) in [5, 5.41) is 7.32. The summed E-state index contributed by atoms with van der Waals surface area (Å²) in [6, 6.07) is 17.6. The molecule has 0 radical (unpaired) electrons. The Hall–Kier alpha value is -2.82. The number of hydrogen-bond donors (Lipinski definition) is 1. The Morgan fingerprint density at radius 1 is 1.09 bits per heavy atom. The lowest BCUT2D eigenvalue weighted by Gasteiger charge is -2.06. The van der Waals surface area contributed by atoms with Crippen molar-refractivity contribution in [3.8, 4) is 17.2 Å². The molecule has 112 valence electrons. The van der Waals surface area contributed by atoms with Gasteiger partial charge < -0.3 is 14.6 Å². The van der Waals surface area contributed by atoms with Crippen LogP contribution in [0, 0.1) is 0 Å². The van der Waals surface area contributed by atoms with E-state index in [-0.39, 0.29) is 0 Å². The predicted octanol–water partition coefficient (Wildman–Crippen LogP) is 3.40. The molecule has 0 fully saturated rings. The number of rotatable bonds is 6. The number of benzene rings is 2. The van der Waals surface area contributed by atoms with E-state index in [4.69, 9.17) is 9.26 Å². The van der Waals surface area contributed by atoms with E-state index in [0.717, 1.165) is 23.5 Å². The molecule has 1 heterocycles. The largest absolute Gasteiger partial charge is 0.497 e. The van der Waals surface area contributed by atoms with E-state index >= 15 is 0 Å². The summed E-state index contributed by atoms with van der Waals surface area (Å²) in [6.45, 7) is 0.723. The maximum atomic E-state index is 5.28. The number of aromatic nitrogens is 2. The summed E-state index contributed by atoms with van der Waals surface area (Å²) in [4.78, 5) is 4.40. The first-order valence-corrected chi connectivity index (χ1v) is 7.11. The minimum atomic E-state index is 0.553. The zero-order chi connectivity index (χ0) is 15.2. The second-order valence-corrected chi connectivity index (χ2v) is 4.79. The summed E-state index contributed by atoms with van der Waals surface area (Å²) in [5.41, 5.74) is 1.94. The molecule has 1 aromatic heterocycles. The maximum Gasteiger partial charge on any atom is 0.257 e. The van der Waals surface area contributed by atoms with Gasteiger partial charge >= 0.3 is 0 Å². The molecule has 0 aliphatic carbocycles. The van der Waals surface area contributed by atoms with Crippen LogP contribution in [0.1, 0.15) is 5.82 Å². The van der Waals surface area contributed by atoms with E-state index in [1.54, 1.807) is 7.11 Å². The first kappa shape index (κ1) is 14.1. The Kier molecular flexibility index (Phi) is 4.34. The van der Waals surface area contributed by atoms with Gasteiger partial charge in [-0.2, -0.15) is 4.98 Å². The molecule has 0 spiro atoms. The van der Waals surface area contributed by atoms with E-state index in [2.05, 4.69) is 15.5 Å². The molecule has 3 aromatic rings. The lowest BCUT2D eigenvalue weighted by Crippen LogP contribution is -2.06. The molecule has 22 heavy (non-hydrogen) atoms. The summed E-state index contributed by atoms with van der Waals surface area (Å²) in [7, 11) is 1.66. The quantitative estimate of drug-likeness (QED) is 0.755. The fourth-order valence-electron chi connectivity index (χ4n) is 2.11. The average Bonchev–Trinajstić information content (AvgIpc) is 3.05. The normalized spacial score (nSPS) is 10.4. The fourth-order valence-corrected chi connectivity index (χ4v) is 2.11. The van der Waals surface area contributed by atoms with Crippen LogP contribution in [-0.2, 0) is 6.42 Å². The summed E-state index contributed by atoms with van der Waals surface area (Å²) in [5.74, 6) is 2.07. The third-order valence-corrected chi connectivity index (χ3v) is 3.24. The SMILES string of the molecule is COc1cccc(NCCc2noc(-c3ccccc3)n2)c1. The minimum absolute atomic E-state index is 0.553. The maximum absolute atomic E-state index is 5.28. The van der Waals surface area contributed by atoms with Gasteiger partial charge in [0, 0.05) is 30.3 Å². The number of hydrogen-bond acceptors (Lipinski definition) is 5. The lowest BCUT2D eigenvalue weighted by molar-refractivity contribution is 0.415. The Balaban J connectivity index is 1.57. The van der Waals surface area contributed by atoms with Crippen LogP contribution in [-0.4, -0.2) is 23.8 Å². The number of nitrogens with zero attached hydrogens (tertiary/aromatic N) is 2. The highest BCUT2D eigenvalue weighted by atomic mass is 16.5. The first-order chi connectivity index (χ1) is 10.8. The van der Waals surface area contributed by atoms with E-state index in [9.17, 15) is 0 Å². The van der Waals surface area contributed by atoms with E-state index in [1.807, 2.05) is 54.6 Å². The van der Waals surface area contributed by atoms with Crippen molar-refractivity contribution in [2.75, 3.05) is 19.0 Å². The molecule has 1 N–H and O–H groups in total. The van der Waals surface area contributed by atoms with Gasteiger partial charge in [0.15, 0.2) is 5.82 Å². The van der Waals surface area contributed by atoms with E-state index in [1.165, 1.54) is 0 Å². The van der Waals surface area contributed by atoms with Crippen molar-refractivity contribution in [3.05, 3.63) is 60.4 Å². The van der Waals surface area contributed by atoms with Crippen molar-refractivity contribution in [1.29, 1.82) is 0 Å². The molecule has 0 atom stereocenters. The topological polar surface area (TPSA) is 60.2 Å². The van der Waals surface area contributed by atoms with Gasteiger partial charge in [-0.15, -0.1) is 0 Å². The Morgan fingerprint density at radius 3 is 2.77 bits per heavy atom. The number of nitrogens with one attached hydrogen (secondary N) is 1. The van der Waals surface area contributed by atoms with Crippen LogP contribution in [0.2, 0.25) is 0 Å². The van der Waals surface area contributed by atoms with Crippen molar-refractivity contribution in [2.24, 2.45) is 0 Å². The Bertz CT molecular complexity index is 726. The molecule has 3 rings (SSSR count). The van der Waals surface area contributed by atoms with Crippen LogP contribution in [0.15, 0.2) is 59.1 Å². The molecule has 5 nitrogen and oxygen atoms in total. The number of methoxy groups -OCH3 is 1. The number of ether oxygens (including phenoxy) is 1. The molecule has 5 heteroatoms. The zero-order valence-electron chi connectivity index (χ0n) is 12.3. The Morgan fingerprint density at radius 2 is 1.95 bits per heavy atom. The second-order valence-electron chi connectivity index (χ2n) is 4.79. The van der Waals surface area contributed by atoms with Gasteiger partial charge in [-0.1, -0.05) is 29.4 Å². The van der Waals surface area contributed by atoms with Gasteiger partial charge in [0.1, 0.15) is 5.75 Å². The minimum Gasteiger partial charge on any atom is -0.497 e. The monoisotopic (exact) mass is 295 g/mol. The highest BCUT2D eigenvalue weighted by molar-refractivity contribution is 5.52. The van der Waals surface area contributed by atoms with Crippen molar-refractivity contribution < 1.29 is 9.26 Å². The highest BCUT2D eigenvalue weighted by Crippen LogP contribution is 2.18. The first-order valence-electron chi connectivity index (χ1n) is 7.11. The fraction of sp³-hybridized carbons (Fsp3) is 0.176. The summed E-state index contributed by atoms with van der Waals surface area (Å²) in [6.07, 6.45) is 0.688. The molecule has 0 unspecified atom stereocenters. The van der Waals surface area contributed by atoms with Gasteiger partial charge in [-0.3, -0.25) is 0 Å². The average molecular weight is 295 g/mol. The van der Waals surface area contributed by atoms with E-state index in [0.29, 0.717) is 18.1 Å². The lowest BCUT2D eigenvalue weighted by atomic mass is 10.2. The van der Waals surface area contributed by atoms with Crippen molar-refractivity contribution in [2.45, 2.75) is 6.42 Å². The molecular formula is C17H17N3O2. The van der Waals surface area contributed by atoms with Gasteiger partial charge in [-0.05, 0) is 24.3 Å². The standard InChI is InChI=1S/C17H17N3O2/c1-21-15-9-5-8-14(12-15)18-11-10-16-19-17(22-20-16)13-6-3-2-4-7-13/h2-9,12,18H,10-11H2,1H3. The zero-order valence-corrected chi connectivity index (χ0v) is 12.3. The van der Waals surface area contributed by atoms with Gasteiger partial charge in [0.25, 0.3) is 5.89 Å². The summed E-state index contributed by atoms with van der Waals surface area (Å²) < 4.78 is 10.5. The Labute approximate surface area is 128 Å². The third kappa shape index (κ3) is 3.44. The molecule has 2 aromatic carbocycles. The second kappa shape index (κ2) is 6.76. The van der Waals surface area contributed by atoms with Crippen LogP contribution < -0.4 is 10.1 Å². The van der Waals surface area contributed by atoms with Crippen LogP contribution >= 0.6 is 0 Å². The molecule has 0 amide bonds. The van der Waals surface area contributed by atoms with Crippen molar-refractivity contribution >= 4 is 5.69 Å². The summed E-state index contributed by atoms with van der Waals surface area (Å²) >= 11 is 0. The number of anilines is 1.